The average molecular weight is 624 g/mol. The molecule has 0 bridgehead atoms. The lowest BCUT2D eigenvalue weighted by atomic mass is 10.2. The van der Waals surface area contributed by atoms with Gasteiger partial charge in [0.2, 0.25) is 5.82 Å². The number of hydrogen-bond donors (Lipinski definition) is 0. The van der Waals surface area contributed by atoms with Crippen molar-refractivity contribution in [3.63, 3.8) is 0 Å². The summed E-state index contributed by atoms with van der Waals surface area (Å²) in [5, 5.41) is 5.86. The van der Waals surface area contributed by atoms with Gasteiger partial charge in [-0.15, -0.1) is 0 Å². The van der Waals surface area contributed by atoms with Crippen LogP contribution < -0.4 is 19.9 Å². The van der Waals surface area contributed by atoms with Gasteiger partial charge in [-0.2, -0.15) is 9.78 Å². The number of nitrogens with zero attached hydrogens (tertiary/aromatic N) is 4. The van der Waals surface area contributed by atoms with Gasteiger partial charge in [0.15, 0.2) is 5.76 Å². The molecule has 4 aromatic carbocycles. The van der Waals surface area contributed by atoms with Crippen molar-refractivity contribution in [2.45, 2.75) is 6.61 Å². The second kappa shape index (κ2) is 11.5. The second-order valence-electron chi connectivity index (χ2n) is 9.83. The van der Waals surface area contributed by atoms with Crippen molar-refractivity contribution < 1.29 is 13.9 Å². The molecule has 0 atom stereocenters. The lowest BCUT2D eigenvalue weighted by Crippen LogP contribution is -2.20. The highest BCUT2D eigenvalue weighted by Crippen LogP contribution is 2.33. The minimum Gasteiger partial charge on any atom is -0.496 e. The maximum atomic E-state index is 13.7. The van der Waals surface area contributed by atoms with Crippen molar-refractivity contribution in [1.82, 2.24) is 9.66 Å². The summed E-state index contributed by atoms with van der Waals surface area (Å²) in [5.41, 5.74) is 3.54. The Hall–Kier alpha value is -4.89. The number of rotatable bonds is 8. The summed E-state index contributed by atoms with van der Waals surface area (Å²) in [5.74, 6) is 1.96. The van der Waals surface area contributed by atoms with E-state index in [9.17, 15) is 4.79 Å². The Morgan fingerprint density at radius 2 is 1.76 bits per heavy atom. The number of furan rings is 1. The second-order valence-corrected chi connectivity index (χ2v) is 10.7. The largest absolute Gasteiger partial charge is 0.496 e. The molecule has 0 unspecified atom stereocenters. The van der Waals surface area contributed by atoms with Crippen LogP contribution in [-0.2, 0) is 6.61 Å². The van der Waals surface area contributed by atoms with E-state index in [1.165, 1.54) is 4.68 Å². The molecule has 9 heteroatoms. The lowest BCUT2D eigenvalue weighted by Gasteiger charge is -2.16. The third-order valence-electron chi connectivity index (χ3n) is 6.85. The van der Waals surface area contributed by atoms with Crippen molar-refractivity contribution in [3.05, 3.63) is 117 Å². The summed E-state index contributed by atoms with van der Waals surface area (Å²) in [7, 11) is 5.54. The van der Waals surface area contributed by atoms with Crippen LogP contribution in [0.2, 0.25) is 0 Å². The monoisotopic (exact) mass is 622 g/mol. The van der Waals surface area contributed by atoms with Gasteiger partial charge in [-0.25, -0.2) is 4.98 Å². The zero-order chi connectivity index (χ0) is 29.2. The zero-order valence-corrected chi connectivity index (χ0v) is 24.8. The topological polar surface area (TPSA) is 82.1 Å². The van der Waals surface area contributed by atoms with E-state index in [4.69, 9.17) is 18.9 Å². The molecule has 0 aliphatic rings. The van der Waals surface area contributed by atoms with Crippen LogP contribution in [0.5, 0.6) is 11.5 Å². The normalized spacial score (nSPS) is 11.4. The van der Waals surface area contributed by atoms with Crippen molar-refractivity contribution in [2.24, 2.45) is 5.10 Å². The van der Waals surface area contributed by atoms with Crippen molar-refractivity contribution in [2.75, 3.05) is 26.1 Å². The minimum atomic E-state index is -0.318. The summed E-state index contributed by atoms with van der Waals surface area (Å²) in [6.07, 6.45) is 1.61. The molecule has 0 N–H and O–H groups in total. The summed E-state index contributed by atoms with van der Waals surface area (Å²) in [6, 6.07) is 28.3. The van der Waals surface area contributed by atoms with Gasteiger partial charge < -0.3 is 18.8 Å². The molecule has 0 amide bonds. The minimum absolute atomic E-state index is 0.274. The molecule has 0 spiro atoms. The smallest absolute Gasteiger partial charge is 0.282 e. The molecule has 0 saturated carbocycles. The molecule has 0 aliphatic heterocycles. The molecular weight excluding hydrogens is 596 g/mol. The Balaban J connectivity index is 1.45. The standard InChI is InChI=1S/C33H27BrN4O4/c1-37(2)24-16-13-22(30(17-24)41-20-21-11-14-23(34)15-12-21)19-35-38-32(36-27-8-5-4-7-25(27)33(38)39)31-18-26-28(40-3)9-6-10-29(26)42-31/h4-19H,20H2,1-3H3. The SMILES string of the molecule is COc1cccc2oc(-c3nc4ccccc4c(=O)n3N=Cc3ccc(N(C)C)cc3OCc3ccc(Br)cc3)cc12. The molecule has 0 saturated heterocycles. The fraction of sp³-hybridized carbons (Fsp3) is 0.121. The Morgan fingerprint density at radius 1 is 0.952 bits per heavy atom. The number of methoxy groups -OCH3 is 1. The van der Waals surface area contributed by atoms with E-state index >= 15 is 0 Å². The fourth-order valence-electron chi connectivity index (χ4n) is 4.61. The van der Waals surface area contributed by atoms with Crippen LogP contribution in [0.4, 0.5) is 5.69 Å². The molecule has 0 aliphatic carbocycles. The third kappa shape index (κ3) is 5.38. The molecule has 42 heavy (non-hydrogen) atoms. The van der Waals surface area contributed by atoms with Crippen molar-refractivity contribution >= 4 is 49.7 Å². The quantitative estimate of drug-likeness (QED) is 0.168. The highest BCUT2D eigenvalue weighted by molar-refractivity contribution is 9.10. The first-order valence-electron chi connectivity index (χ1n) is 13.2. The van der Waals surface area contributed by atoms with E-state index in [0.29, 0.717) is 45.9 Å². The van der Waals surface area contributed by atoms with Crippen LogP contribution in [0.25, 0.3) is 33.5 Å². The van der Waals surface area contributed by atoms with Gasteiger partial charge in [-0.1, -0.05) is 46.3 Å². The van der Waals surface area contributed by atoms with Gasteiger partial charge in [0, 0.05) is 35.9 Å². The van der Waals surface area contributed by atoms with E-state index in [2.05, 4.69) is 21.0 Å². The Kier molecular flexibility index (Phi) is 7.50. The van der Waals surface area contributed by atoms with Gasteiger partial charge in [0.05, 0.1) is 29.6 Å². The van der Waals surface area contributed by atoms with Crippen LogP contribution in [0.15, 0.2) is 110 Å². The molecule has 6 rings (SSSR count). The van der Waals surface area contributed by atoms with Gasteiger partial charge in [-0.05, 0) is 60.2 Å². The fourth-order valence-corrected chi connectivity index (χ4v) is 4.87. The van der Waals surface area contributed by atoms with Crippen molar-refractivity contribution in [3.8, 4) is 23.1 Å². The molecular formula is C33H27BrN4O4. The predicted molar refractivity (Wildman–Crippen MR) is 170 cm³/mol. The Bertz CT molecular complexity index is 1990. The Morgan fingerprint density at radius 3 is 2.55 bits per heavy atom. The molecule has 2 heterocycles. The molecule has 2 aromatic heterocycles. The van der Waals surface area contributed by atoms with E-state index in [1.54, 1.807) is 31.5 Å². The van der Waals surface area contributed by atoms with Gasteiger partial charge in [0.25, 0.3) is 5.56 Å². The maximum absolute atomic E-state index is 13.7. The summed E-state index contributed by atoms with van der Waals surface area (Å²) < 4.78 is 20.2. The van der Waals surface area contributed by atoms with Crippen LogP contribution >= 0.6 is 15.9 Å². The third-order valence-corrected chi connectivity index (χ3v) is 7.38. The predicted octanol–water partition coefficient (Wildman–Crippen LogP) is 7.11. The molecule has 6 aromatic rings. The van der Waals surface area contributed by atoms with E-state index in [-0.39, 0.29) is 11.4 Å². The first kappa shape index (κ1) is 27.3. The summed E-state index contributed by atoms with van der Waals surface area (Å²) in [4.78, 5) is 20.5. The van der Waals surface area contributed by atoms with E-state index < -0.39 is 0 Å². The number of hydrogen-bond acceptors (Lipinski definition) is 7. The van der Waals surface area contributed by atoms with Crippen molar-refractivity contribution in [1.29, 1.82) is 0 Å². The number of benzene rings is 4. The van der Waals surface area contributed by atoms with Crippen LogP contribution in [-0.4, -0.2) is 37.1 Å². The average Bonchev–Trinajstić information content (AvgIpc) is 3.45. The summed E-state index contributed by atoms with van der Waals surface area (Å²) >= 11 is 3.47. The van der Waals surface area contributed by atoms with Gasteiger partial charge >= 0.3 is 0 Å². The van der Waals surface area contributed by atoms with Crippen LogP contribution in [0, 0.1) is 0 Å². The Labute approximate surface area is 250 Å². The number of aromatic nitrogens is 2. The number of halogens is 1. The molecule has 210 valence electrons. The number of ether oxygens (including phenoxy) is 2. The zero-order valence-electron chi connectivity index (χ0n) is 23.2. The number of para-hydroxylation sites is 1. The first-order valence-corrected chi connectivity index (χ1v) is 14.0. The van der Waals surface area contributed by atoms with E-state index in [0.717, 1.165) is 21.1 Å². The van der Waals surface area contributed by atoms with Gasteiger partial charge in [-0.3, -0.25) is 4.79 Å². The summed E-state index contributed by atoms with van der Waals surface area (Å²) in [6.45, 7) is 0.370. The lowest BCUT2D eigenvalue weighted by molar-refractivity contribution is 0.306. The number of anilines is 1. The highest BCUT2D eigenvalue weighted by Gasteiger charge is 2.18. The number of fused-ring (bicyclic) bond motifs is 2. The van der Waals surface area contributed by atoms with Crippen LogP contribution in [0.3, 0.4) is 0 Å². The highest BCUT2D eigenvalue weighted by atomic mass is 79.9. The first-order chi connectivity index (χ1) is 20.4. The maximum Gasteiger partial charge on any atom is 0.282 e. The van der Waals surface area contributed by atoms with E-state index in [1.807, 2.05) is 91.8 Å². The molecule has 0 fully saturated rings. The molecule has 8 nitrogen and oxygen atoms in total. The van der Waals surface area contributed by atoms with Gasteiger partial charge in [0.1, 0.15) is 23.7 Å². The molecule has 0 radical (unpaired) electrons. The van der Waals surface area contributed by atoms with Crippen LogP contribution in [0.1, 0.15) is 11.1 Å².